The topological polar surface area (TPSA) is 58.9 Å². The highest BCUT2D eigenvalue weighted by Crippen LogP contribution is 2.26. The molecule has 17 heavy (non-hydrogen) atoms. The van der Waals surface area contributed by atoms with Crippen LogP contribution in [0.15, 0.2) is 0 Å². The minimum absolute atomic E-state index is 0.838. The van der Waals surface area contributed by atoms with Gasteiger partial charge in [0.25, 0.3) is 0 Å². The van der Waals surface area contributed by atoms with Crippen LogP contribution in [0.3, 0.4) is 0 Å². The standard InChI is InChI=1S/C11H20N6/c1-2-3-17-11(13-14-15-17)8-16-6-9-4-12-5-10(9)7-16/h9-10,12H,2-8H2,1H3. The molecule has 2 unspecified atom stereocenters. The number of nitrogens with one attached hydrogen (secondary N) is 1. The molecule has 0 bridgehead atoms. The van der Waals surface area contributed by atoms with Crippen LogP contribution in [-0.2, 0) is 13.1 Å². The first-order valence-corrected chi connectivity index (χ1v) is 6.55. The van der Waals surface area contributed by atoms with Crippen LogP contribution in [0.4, 0.5) is 0 Å². The second-order valence-electron chi connectivity index (χ2n) is 5.19. The molecule has 1 aromatic heterocycles. The zero-order valence-corrected chi connectivity index (χ0v) is 10.3. The third-order valence-corrected chi connectivity index (χ3v) is 3.87. The largest absolute Gasteiger partial charge is 0.316 e. The van der Waals surface area contributed by atoms with Crippen molar-refractivity contribution < 1.29 is 0 Å². The van der Waals surface area contributed by atoms with Gasteiger partial charge in [0, 0.05) is 19.6 Å². The second-order valence-corrected chi connectivity index (χ2v) is 5.19. The monoisotopic (exact) mass is 236 g/mol. The molecule has 3 heterocycles. The van der Waals surface area contributed by atoms with Gasteiger partial charge in [0.1, 0.15) is 0 Å². The summed E-state index contributed by atoms with van der Waals surface area (Å²) >= 11 is 0. The molecule has 0 aliphatic carbocycles. The number of aromatic nitrogens is 4. The predicted octanol–water partition coefficient (Wildman–Crippen LogP) is -0.266. The first kappa shape index (κ1) is 11.1. The molecule has 0 spiro atoms. The fourth-order valence-electron chi connectivity index (χ4n) is 3.00. The summed E-state index contributed by atoms with van der Waals surface area (Å²) in [5, 5.41) is 15.4. The van der Waals surface area contributed by atoms with Gasteiger partial charge >= 0.3 is 0 Å². The number of hydrogen-bond donors (Lipinski definition) is 1. The Morgan fingerprint density at radius 2 is 2.06 bits per heavy atom. The lowest BCUT2D eigenvalue weighted by Gasteiger charge is -2.15. The quantitative estimate of drug-likeness (QED) is 0.780. The lowest BCUT2D eigenvalue weighted by molar-refractivity contribution is 0.290. The van der Waals surface area contributed by atoms with E-state index < -0.39 is 0 Å². The van der Waals surface area contributed by atoms with E-state index in [4.69, 9.17) is 0 Å². The minimum atomic E-state index is 0.838. The first-order chi connectivity index (χ1) is 8.36. The molecule has 1 N–H and O–H groups in total. The van der Waals surface area contributed by atoms with Crippen molar-refractivity contribution in [2.24, 2.45) is 11.8 Å². The fourth-order valence-corrected chi connectivity index (χ4v) is 3.00. The fraction of sp³-hybridized carbons (Fsp3) is 0.909. The summed E-state index contributed by atoms with van der Waals surface area (Å²) < 4.78 is 1.94. The number of rotatable bonds is 4. The zero-order chi connectivity index (χ0) is 11.7. The Balaban J connectivity index is 1.61. The third-order valence-electron chi connectivity index (χ3n) is 3.87. The van der Waals surface area contributed by atoms with Crippen molar-refractivity contribution in [3.63, 3.8) is 0 Å². The molecule has 0 saturated carbocycles. The van der Waals surface area contributed by atoms with Crippen LogP contribution < -0.4 is 5.32 Å². The van der Waals surface area contributed by atoms with E-state index in [0.717, 1.165) is 37.2 Å². The highest BCUT2D eigenvalue weighted by atomic mass is 15.5. The summed E-state index contributed by atoms with van der Waals surface area (Å²) in [7, 11) is 0. The Kier molecular flexibility index (Phi) is 3.07. The van der Waals surface area contributed by atoms with Gasteiger partial charge in [0.15, 0.2) is 5.82 Å². The normalized spacial score (nSPS) is 28.8. The highest BCUT2D eigenvalue weighted by molar-refractivity contribution is 4.93. The Morgan fingerprint density at radius 3 is 2.76 bits per heavy atom. The molecule has 0 aromatic carbocycles. The van der Waals surface area contributed by atoms with Crippen molar-refractivity contribution >= 4 is 0 Å². The number of likely N-dealkylation sites (tertiary alicyclic amines) is 1. The maximum Gasteiger partial charge on any atom is 0.165 e. The molecule has 1 aromatic rings. The van der Waals surface area contributed by atoms with Crippen LogP contribution in [0.2, 0.25) is 0 Å². The Bertz CT molecular complexity index is 364. The van der Waals surface area contributed by atoms with Crippen molar-refractivity contribution in [2.75, 3.05) is 26.2 Å². The maximum atomic E-state index is 4.14. The van der Waals surface area contributed by atoms with Crippen LogP contribution >= 0.6 is 0 Å². The summed E-state index contributed by atoms with van der Waals surface area (Å²) in [6.45, 7) is 8.72. The van der Waals surface area contributed by atoms with Gasteiger partial charge in [0.05, 0.1) is 6.54 Å². The first-order valence-electron chi connectivity index (χ1n) is 6.55. The van der Waals surface area contributed by atoms with Gasteiger partial charge in [-0.05, 0) is 41.8 Å². The number of fused-ring (bicyclic) bond motifs is 1. The van der Waals surface area contributed by atoms with Gasteiger partial charge in [-0.3, -0.25) is 4.90 Å². The van der Waals surface area contributed by atoms with Crippen LogP contribution in [0, 0.1) is 11.8 Å². The van der Waals surface area contributed by atoms with Crippen LogP contribution in [-0.4, -0.2) is 51.3 Å². The average Bonchev–Trinajstić information content (AvgIpc) is 2.95. The van der Waals surface area contributed by atoms with Crippen LogP contribution in [0.25, 0.3) is 0 Å². The van der Waals surface area contributed by atoms with E-state index in [0.29, 0.717) is 0 Å². The number of aryl methyl sites for hydroxylation is 1. The molecule has 3 rings (SSSR count). The SMILES string of the molecule is CCCn1nnnc1CN1CC2CNCC2C1. The summed E-state index contributed by atoms with van der Waals surface area (Å²) in [6, 6.07) is 0. The number of hydrogen-bond acceptors (Lipinski definition) is 5. The molecule has 0 radical (unpaired) electrons. The van der Waals surface area contributed by atoms with E-state index in [1.54, 1.807) is 0 Å². The Hall–Kier alpha value is -1.01. The van der Waals surface area contributed by atoms with Crippen molar-refractivity contribution in [3.8, 4) is 0 Å². The molecule has 0 amide bonds. The predicted molar refractivity (Wildman–Crippen MR) is 63.2 cm³/mol. The van der Waals surface area contributed by atoms with Gasteiger partial charge < -0.3 is 5.32 Å². The van der Waals surface area contributed by atoms with Gasteiger partial charge in [-0.15, -0.1) is 5.10 Å². The van der Waals surface area contributed by atoms with Gasteiger partial charge in [-0.2, -0.15) is 0 Å². The lowest BCUT2D eigenvalue weighted by atomic mass is 10.0. The molecule has 2 aliphatic heterocycles. The smallest absolute Gasteiger partial charge is 0.165 e. The van der Waals surface area contributed by atoms with E-state index >= 15 is 0 Å². The Morgan fingerprint density at radius 1 is 1.29 bits per heavy atom. The summed E-state index contributed by atoms with van der Waals surface area (Å²) in [6.07, 6.45) is 1.08. The summed E-state index contributed by atoms with van der Waals surface area (Å²) in [5.41, 5.74) is 0. The van der Waals surface area contributed by atoms with E-state index in [1.807, 2.05) is 4.68 Å². The molecule has 2 aliphatic rings. The number of nitrogens with zero attached hydrogens (tertiary/aromatic N) is 5. The molecule has 2 fully saturated rings. The Labute approximate surface area is 101 Å². The zero-order valence-electron chi connectivity index (χ0n) is 10.3. The maximum absolute atomic E-state index is 4.14. The summed E-state index contributed by atoms with van der Waals surface area (Å²) in [5.74, 6) is 2.69. The molecule has 2 atom stereocenters. The van der Waals surface area contributed by atoms with E-state index in [9.17, 15) is 0 Å². The molecular weight excluding hydrogens is 216 g/mol. The van der Waals surface area contributed by atoms with Gasteiger partial charge in [0.2, 0.25) is 0 Å². The third kappa shape index (κ3) is 2.19. The molecule has 6 heteroatoms. The molecule has 94 valence electrons. The van der Waals surface area contributed by atoms with E-state index in [2.05, 4.69) is 32.7 Å². The molecule has 2 saturated heterocycles. The van der Waals surface area contributed by atoms with E-state index in [-0.39, 0.29) is 0 Å². The number of tetrazole rings is 1. The van der Waals surface area contributed by atoms with Crippen molar-refractivity contribution in [1.82, 2.24) is 30.4 Å². The van der Waals surface area contributed by atoms with Crippen LogP contribution in [0.1, 0.15) is 19.2 Å². The van der Waals surface area contributed by atoms with Crippen molar-refractivity contribution in [2.45, 2.75) is 26.4 Å². The minimum Gasteiger partial charge on any atom is -0.316 e. The summed E-state index contributed by atoms with van der Waals surface area (Å²) in [4.78, 5) is 2.49. The second kappa shape index (κ2) is 4.70. The lowest BCUT2D eigenvalue weighted by Crippen LogP contribution is -2.27. The van der Waals surface area contributed by atoms with Crippen molar-refractivity contribution in [3.05, 3.63) is 5.82 Å². The van der Waals surface area contributed by atoms with Gasteiger partial charge in [-0.1, -0.05) is 6.92 Å². The highest BCUT2D eigenvalue weighted by Gasteiger charge is 2.36. The van der Waals surface area contributed by atoms with E-state index in [1.165, 1.54) is 26.2 Å². The van der Waals surface area contributed by atoms with Crippen molar-refractivity contribution in [1.29, 1.82) is 0 Å². The molecular formula is C11H20N6. The molecule has 6 nitrogen and oxygen atoms in total. The average molecular weight is 236 g/mol. The van der Waals surface area contributed by atoms with Crippen LogP contribution in [0.5, 0.6) is 0 Å². The van der Waals surface area contributed by atoms with Gasteiger partial charge in [-0.25, -0.2) is 4.68 Å².